The van der Waals surface area contributed by atoms with Gasteiger partial charge in [0.2, 0.25) is 5.91 Å². The number of fused-ring (bicyclic) bond motifs is 1. The van der Waals surface area contributed by atoms with Crippen LogP contribution in [0.4, 0.5) is 0 Å². The van der Waals surface area contributed by atoms with E-state index >= 15 is 0 Å². The molecule has 2 atom stereocenters. The Morgan fingerprint density at radius 1 is 1.00 bits per heavy atom. The van der Waals surface area contributed by atoms with Crippen molar-refractivity contribution in [3.05, 3.63) is 70.8 Å². The number of nitrogens with two attached hydrogens (primary N) is 1. The molecule has 1 amide bonds. The Morgan fingerprint density at radius 2 is 1.67 bits per heavy atom. The van der Waals surface area contributed by atoms with Gasteiger partial charge in [0.25, 0.3) is 0 Å². The largest absolute Gasteiger partial charge is 0.348 e. The summed E-state index contributed by atoms with van der Waals surface area (Å²) in [7, 11) is 0. The zero-order chi connectivity index (χ0) is 16.2. The first-order chi connectivity index (χ1) is 11.1. The lowest BCUT2D eigenvalue weighted by atomic mass is 9.89. The highest BCUT2D eigenvalue weighted by atomic mass is 35.5. The third-order valence-electron chi connectivity index (χ3n) is 4.67. The van der Waals surface area contributed by atoms with Crippen molar-refractivity contribution in [2.45, 2.75) is 44.7 Å². The molecule has 2 aromatic carbocycles. The molecule has 0 saturated heterocycles. The van der Waals surface area contributed by atoms with Crippen LogP contribution in [0.5, 0.6) is 0 Å². The Morgan fingerprint density at radius 3 is 2.38 bits per heavy atom. The Bertz CT molecular complexity index is 687. The second-order valence-electron chi connectivity index (χ2n) is 6.35. The molecule has 0 aliphatic heterocycles. The number of hydrogen-bond acceptors (Lipinski definition) is 2. The van der Waals surface area contributed by atoms with Crippen molar-refractivity contribution in [2.24, 2.45) is 5.73 Å². The second-order valence-corrected chi connectivity index (χ2v) is 6.35. The van der Waals surface area contributed by atoms with Gasteiger partial charge in [0.1, 0.15) is 6.04 Å². The van der Waals surface area contributed by atoms with Gasteiger partial charge < -0.3 is 11.1 Å². The van der Waals surface area contributed by atoms with Gasteiger partial charge in [-0.2, -0.15) is 0 Å². The number of amides is 1. The molecule has 24 heavy (non-hydrogen) atoms. The summed E-state index contributed by atoms with van der Waals surface area (Å²) >= 11 is 0. The van der Waals surface area contributed by atoms with Crippen molar-refractivity contribution in [3.8, 4) is 0 Å². The number of nitrogens with one attached hydrogen (secondary N) is 1. The van der Waals surface area contributed by atoms with Gasteiger partial charge in [-0.05, 0) is 54.9 Å². The first-order valence-electron chi connectivity index (χ1n) is 8.38. The summed E-state index contributed by atoms with van der Waals surface area (Å²) in [6.45, 7) is 2.01. The van der Waals surface area contributed by atoms with Crippen LogP contribution in [0.2, 0.25) is 0 Å². The van der Waals surface area contributed by atoms with Crippen LogP contribution < -0.4 is 11.1 Å². The van der Waals surface area contributed by atoms with Gasteiger partial charge in [-0.25, -0.2) is 0 Å². The average molecular weight is 345 g/mol. The fraction of sp³-hybridized carbons (Fsp3) is 0.350. The predicted molar refractivity (Wildman–Crippen MR) is 100 cm³/mol. The van der Waals surface area contributed by atoms with Crippen LogP contribution >= 0.6 is 12.4 Å². The van der Waals surface area contributed by atoms with E-state index in [1.165, 1.54) is 30.4 Å². The van der Waals surface area contributed by atoms with E-state index in [0.717, 1.165) is 17.5 Å². The summed E-state index contributed by atoms with van der Waals surface area (Å²) in [4.78, 5) is 12.4. The van der Waals surface area contributed by atoms with Crippen LogP contribution in [0.25, 0.3) is 0 Å². The van der Waals surface area contributed by atoms with E-state index in [2.05, 4.69) is 23.5 Å². The predicted octanol–water partition coefficient (Wildman–Crippen LogP) is 3.86. The number of carbonyl (C=O) groups excluding carboxylic acids is 1. The highest BCUT2D eigenvalue weighted by Gasteiger charge is 2.19. The lowest BCUT2D eigenvalue weighted by Crippen LogP contribution is -2.35. The Hall–Kier alpha value is -1.84. The molecule has 0 radical (unpaired) electrons. The highest BCUT2D eigenvalue weighted by Crippen LogP contribution is 2.25. The molecule has 0 spiro atoms. The topological polar surface area (TPSA) is 55.1 Å². The molecule has 2 aromatic rings. The van der Waals surface area contributed by atoms with Crippen LogP contribution in [0.1, 0.15) is 54.1 Å². The summed E-state index contributed by atoms with van der Waals surface area (Å²) < 4.78 is 0. The Kier molecular flexibility index (Phi) is 6.41. The summed E-state index contributed by atoms with van der Waals surface area (Å²) in [6, 6.07) is 15.4. The van der Waals surface area contributed by atoms with E-state index in [0.29, 0.717) is 0 Å². The fourth-order valence-corrected chi connectivity index (χ4v) is 3.22. The van der Waals surface area contributed by atoms with Crippen LogP contribution in [0.15, 0.2) is 48.5 Å². The number of aryl methyl sites for hydroxylation is 2. The van der Waals surface area contributed by atoms with E-state index < -0.39 is 6.04 Å². The van der Waals surface area contributed by atoms with Crippen molar-refractivity contribution in [2.75, 3.05) is 0 Å². The average Bonchev–Trinajstić information content (AvgIpc) is 2.61. The minimum Gasteiger partial charge on any atom is -0.348 e. The third kappa shape index (κ3) is 4.16. The lowest BCUT2D eigenvalue weighted by molar-refractivity contribution is -0.123. The molecule has 3 rings (SSSR count). The zero-order valence-corrected chi connectivity index (χ0v) is 14.8. The van der Waals surface area contributed by atoms with Gasteiger partial charge in [-0.3, -0.25) is 4.79 Å². The van der Waals surface area contributed by atoms with Crippen LogP contribution in [0.3, 0.4) is 0 Å². The number of hydrogen-bond donors (Lipinski definition) is 2. The summed E-state index contributed by atoms with van der Waals surface area (Å²) in [5.74, 6) is -0.138. The molecule has 0 aromatic heterocycles. The minimum atomic E-state index is -0.628. The maximum absolute atomic E-state index is 12.4. The number of benzene rings is 2. The van der Waals surface area contributed by atoms with Crippen molar-refractivity contribution >= 4 is 18.3 Å². The molecule has 3 N–H and O–H groups in total. The van der Waals surface area contributed by atoms with Gasteiger partial charge in [-0.15, -0.1) is 12.4 Å². The molecule has 2 unspecified atom stereocenters. The zero-order valence-electron chi connectivity index (χ0n) is 14.0. The van der Waals surface area contributed by atoms with E-state index in [9.17, 15) is 4.79 Å². The molecule has 0 bridgehead atoms. The fourth-order valence-electron chi connectivity index (χ4n) is 3.22. The first-order valence-corrected chi connectivity index (χ1v) is 8.38. The summed E-state index contributed by atoms with van der Waals surface area (Å²) in [5, 5.41) is 3.04. The molecule has 1 aliphatic carbocycles. The molecular weight excluding hydrogens is 320 g/mol. The molecule has 4 heteroatoms. The van der Waals surface area contributed by atoms with Crippen molar-refractivity contribution < 1.29 is 4.79 Å². The second kappa shape index (κ2) is 8.32. The monoisotopic (exact) mass is 344 g/mol. The maximum Gasteiger partial charge on any atom is 0.241 e. The van der Waals surface area contributed by atoms with Gasteiger partial charge in [-0.1, -0.05) is 48.5 Å². The van der Waals surface area contributed by atoms with Gasteiger partial charge in [0.05, 0.1) is 6.04 Å². The normalized spacial score (nSPS) is 15.6. The van der Waals surface area contributed by atoms with E-state index in [4.69, 9.17) is 5.73 Å². The summed E-state index contributed by atoms with van der Waals surface area (Å²) in [6.07, 6.45) is 4.86. The third-order valence-corrected chi connectivity index (χ3v) is 4.67. The Labute approximate surface area is 150 Å². The van der Waals surface area contributed by atoms with E-state index in [1.54, 1.807) is 0 Å². The van der Waals surface area contributed by atoms with Crippen molar-refractivity contribution in [1.29, 1.82) is 0 Å². The lowest BCUT2D eigenvalue weighted by Gasteiger charge is -2.21. The van der Waals surface area contributed by atoms with Crippen molar-refractivity contribution in [1.82, 2.24) is 5.32 Å². The van der Waals surface area contributed by atoms with Gasteiger partial charge in [0.15, 0.2) is 0 Å². The number of rotatable bonds is 4. The standard InChI is InChI=1S/C20H24N2O.ClH/c1-14(17-12-11-15-7-5-6-10-18(15)13-17)22-20(23)19(21)16-8-3-2-4-9-16;/h2-4,8-9,11-14,19H,5-7,10,21H2,1H3,(H,22,23);1H. The molecule has 0 saturated carbocycles. The quantitative estimate of drug-likeness (QED) is 0.884. The van der Waals surface area contributed by atoms with Crippen LogP contribution in [0, 0.1) is 0 Å². The smallest absolute Gasteiger partial charge is 0.241 e. The highest BCUT2D eigenvalue weighted by molar-refractivity contribution is 5.85. The van der Waals surface area contributed by atoms with E-state index in [-0.39, 0.29) is 24.4 Å². The Balaban J connectivity index is 0.00000208. The van der Waals surface area contributed by atoms with Crippen molar-refractivity contribution in [3.63, 3.8) is 0 Å². The van der Waals surface area contributed by atoms with Gasteiger partial charge >= 0.3 is 0 Å². The number of halogens is 1. The maximum atomic E-state index is 12.4. The van der Waals surface area contributed by atoms with E-state index in [1.807, 2.05) is 37.3 Å². The molecule has 1 aliphatic rings. The van der Waals surface area contributed by atoms with Crippen LogP contribution in [-0.2, 0) is 17.6 Å². The first kappa shape index (κ1) is 18.5. The molecule has 0 heterocycles. The molecule has 3 nitrogen and oxygen atoms in total. The van der Waals surface area contributed by atoms with Crippen LogP contribution in [-0.4, -0.2) is 5.91 Å². The number of carbonyl (C=O) groups is 1. The molecular formula is C20H25ClN2O. The molecule has 128 valence electrons. The summed E-state index contributed by atoms with van der Waals surface area (Å²) in [5.41, 5.74) is 10.9. The van der Waals surface area contributed by atoms with Gasteiger partial charge in [0, 0.05) is 0 Å². The minimum absolute atomic E-state index is 0. The molecule has 0 fully saturated rings. The SMILES string of the molecule is CC(NC(=O)C(N)c1ccccc1)c1ccc2c(c1)CCCC2.Cl.